The normalized spacial score (nSPS) is 10.7. The van der Waals surface area contributed by atoms with Gasteiger partial charge in [-0.2, -0.15) is 0 Å². The zero-order chi connectivity index (χ0) is 20.9. The van der Waals surface area contributed by atoms with Crippen molar-refractivity contribution in [2.45, 2.75) is 20.1 Å². The summed E-state index contributed by atoms with van der Waals surface area (Å²) in [6.07, 6.45) is 0. The molecule has 4 aromatic carbocycles. The smallest absolute Gasteiger partial charge is 0.335 e. The predicted molar refractivity (Wildman–Crippen MR) is 120 cm³/mol. The van der Waals surface area contributed by atoms with E-state index in [9.17, 15) is 9.90 Å². The van der Waals surface area contributed by atoms with Crippen LogP contribution in [0.1, 0.15) is 27.0 Å². The van der Waals surface area contributed by atoms with Crippen LogP contribution in [-0.2, 0) is 13.2 Å². The molecule has 0 aromatic heterocycles. The fourth-order valence-electron chi connectivity index (χ4n) is 3.55. The Balaban J connectivity index is 1.62. The first-order valence-electron chi connectivity index (χ1n) is 9.87. The van der Waals surface area contributed by atoms with Crippen LogP contribution in [0.3, 0.4) is 0 Å². The lowest BCUT2D eigenvalue weighted by atomic mass is 10.0. The van der Waals surface area contributed by atoms with Crippen LogP contribution >= 0.6 is 0 Å². The summed E-state index contributed by atoms with van der Waals surface area (Å²) in [7, 11) is 0. The van der Waals surface area contributed by atoms with Crippen LogP contribution < -0.4 is 10.1 Å². The van der Waals surface area contributed by atoms with Crippen LogP contribution in [0.4, 0.5) is 5.69 Å². The number of aryl methyl sites for hydroxylation is 1. The van der Waals surface area contributed by atoms with Crippen LogP contribution in [-0.4, -0.2) is 11.1 Å². The van der Waals surface area contributed by atoms with Crippen molar-refractivity contribution in [3.05, 3.63) is 107 Å². The first kappa shape index (κ1) is 19.5. The molecule has 4 nitrogen and oxygen atoms in total. The van der Waals surface area contributed by atoms with Gasteiger partial charge in [0, 0.05) is 17.8 Å². The zero-order valence-corrected chi connectivity index (χ0v) is 16.8. The monoisotopic (exact) mass is 397 g/mol. The molecule has 0 saturated heterocycles. The molecule has 0 atom stereocenters. The summed E-state index contributed by atoms with van der Waals surface area (Å²) in [5, 5.41) is 14.9. The summed E-state index contributed by atoms with van der Waals surface area (Å²) < 4.78 is 6.18. The Labute approximate surface area is 175 Å². The van der Waals surface area contributed by atoms with Crippen molar-refractivity contribution in [2.75, 3.05) is 5.32 Å². The fourth-order valence-corrected chi connectivity index (χ4v) is 3.55. The SMILES string of the molecule is Cc1cc(C(=O)O)ccc1NCc1c(OCc2ccccc2)ccc2ccccc12. The van der Waals surface area contributed by atoms with Crippen LogP contribution in [0.25, 0.3) is 10.8 Å². The largest absolute Gasteiger partial charge is 0.489 e. The van der Waals surface area contributed by atoms with Gasteiger partial charge in [-0.3, -0.25) is 0 Å². The Morgan fingerprint density at radius 1 is 0.933 bits per heavy atom. The number of carboxylic acid groups (broad SMARTS) is 1. The third kappa shape index (κ3) is 4.28. The van der Waals surface area contributed by atoms with Crippen LogP contribution in [0.5, 0.6) is 5.75 Å². The minimum Gasteiger partial charge on any atom is -0.489 e. The number of hydrogen-bond acceptors (Lipinski definition) is 3. The molecule has 0 radical (unpaired) electrons. The molecule has 4 aromatic rings. The minimum atomic E-state index is -0.921. The highest BCUT2D eigenvalue weighted by Gasteiger charge is 2.11. The van der Waals surface area contributed by atoms with Crippen molar-refractivity contribution in [3.63, 3.8) is 0 Å². The highest BCUT2D eigenvalue weighted by molar-refractivity contribution is 5.89. The molecule has 30 heavy (non-hydrogen) atoms. The van der Waals surface area contributed by atoms with Crippen molar-refractivity contribution in [1.29, 1.82) is 0 Å². The molecular weight excluding hydrogens is 374 g/mol. The number of rotatable bonds is 7. The van der Waals surface area contributed by atoms with E-state index in [4.69, 9.17) is 4.74 Å². The third-order valence-corrected chi connectivity index (χ3v) is 5.16. The lowest BCUT2D eigenvalue weighted by Crippen LogP contribution is -2.06. The number of nitrogens with one attached hydrogen (secondary N) is 1. The van der Waals surface area contributed by atoms with E-state index in [-0.39, 0.29) is 5.56 Å². The molecule has 0 spiro atoms. The Kier molecular flexibility index (Phi) is 5.66. The second-order valence-corrected chi connectivity index (χ2v) is 7.23. The van der Waals surface area contributed by atoms with E-state index in [0.29, 0.717) is 13.2 Å². The van der Waals surface area contributed by atoms with E-state index < -0.39 is 5.97 Å². The Morgan fingerprint density at radius 2 is 1.70 bits per heavy atom. The van der Waals surface area contributed by atoms with E-state index in [1.807, 2.05) is 61.5 Å². The van der Waals surface area contributed by atoms with Gasteiger partial charge < -0.3 is 15.2 Å². The summed E-state index contributed by atoms with van der Waals surface area (Å²) in [5.41, 5.74) is 4.27. The highest BCUT2D eigenvalue weighted by atomic mass is 16.5. The maximum Gasteiger partial charge on any atom is 0.335 e. The Morgan fingerprint density at radius 3 is 2.47 bits per heavy atom. The Bertz CT molecular complexity index is 1190. The van der Waals surface area contributed by atoms with Gasteiger partial charge in [0.1, 0.15) is 12.4 Å². The van der Waals surface area contributed by atoms with Gasteiger partial charge in [0.15, 0.2) is 0 Å². The number of carboxylic acids is 1. The molecule has 4 heteroatoms. The van der Waals surface area contributed by atoms with Crippen molar-refractivity contribution >= 4 is 22.4 Å². The average Bonchev–Trinajstić information content (AvgIpc) is 2.77. The van der Waals surface area contributed by atoms with Gasteiger partial charge in [-0.1, -0.05) is 60.7 Å². The number of benzene rings is 4. The Hall–Kier alpha value is -3.79. The second kappa shape index (κ2) is 8.70. The van der Waals surface area contributed by atoms with Gasteiger partial charge in [-0.25, -0.2) is 4.79 Å². The second-order valence-electron chi connectivity index (χ2n) is 7.23. The number of aromatic carboxylic acids is 1. The first-order chi connectivity index (χ1) is 14.6. The molecule has 0 unspecified atom stereocenters. The number of hydrogen-bond donors (Lipinski definition) is 2. The van der Waals surface area contributed by atoms with E-state index >= 15 is 0 Å². The maximum absolute atomic E-state index is 11.2. The number of fused-ring (bicyclic) bond motifs is 1. The molecule has 0 amide bonds. The molecule has 0 aliphatic rings. The van der Waals surface area contributed by atoms with Crippen molar-refractivity contribution in [3.8, 4) is 5.75 Å². The van der Waals surface area contributed by atoms with Gasteiger partial charge in [-0.05, 0) is 53.1 Å². The van der Waals surface area contributed by atoms with E-state index in [1.54, 1.807) is 12.1 Å². The number of carbonyl (C=O) groups is 1. The predicted octanol–water partition coefficient (Wildman–Crippen LogP) is 6.04. The van der Waals surface area contributed by atoms with E-state index in [0.717, 1.165) is 38.9 Å². The van der Waals surface area contributed by atoms with Gasteiger partial charge in [0.2, 0.25) is 0 Å². The highest BCUT2D eigenvalue weighted by Crippen LogP contribution is 2.30. The quantitative estimate of drug-likeness (QED) is 0.399. The average molecular weight is 397 g/mol. The molecule has 0 fully saturated rings. The first-order valence-corrected chi connectivity index (χ1v) is 9.87. The fraction of sp³-hybridized carbons (Fsp3) is 0.115. The van der Waals surface area contributed by atoms with Crippen molar-refractivity contribution in [2.24, 2.45) is 0 Å². The molecule has 0 bridgehead atoms. The van der Waals surface area contributed by atoms with Gasteiger partial charge in [0.05, 0.1) is 5.56 Å². The molecule has 2 N–H and O–H groups in total. The topological polar surface area (TPSA) is 58.6 Å². The molecule has 0 aliphatic heterocycles. The van der Waals surface area contributed by atoms with E-state index in [2.05, 4.69) is 23.5 Å². The van der Waals surface area contributed by atoms with Gasteiger partial charge >= 0.3 is 5.97 Å². The molecular formula is C26H23NO3. The lowest BCUT2D eigenvalue weighted by Gasteiger charge is -2.17. The minimum absolute atomic E-state index is 0.287. The summed E-state index contributed by atoms with van der Waals surface area (Å²) in [6.45, 7) is 2.97. The standard InChI is InChI=1S/C26H23NO3/c1-18-15-21(26(28)29)11-13-24(18)27-16-23-22-10-6-5-9-20(22)12-14-25(23)30-17-19-7-3-2-4-8-19/h2-15,27H,16-17H2,1H3,(H,28,29). The maximum atomic E-state index is 11.2. The number of anilines is 1. The van der Waals surface area contributed by atoms with Crippen LogP contribution in [0.15, 0.2) is 84.9 Å². The third-order valence-electron chi connectivity index (χ3n) is 5.16. The van der Waals surface area contributed by atoms with Crippen LogP contribution in [0, 0.1) is 6.92 Å². The van der Waals surface area contributed by atoms with Gasteiger partial charge in [-0.15, -0.1) is 0 Å². The van der Waals surface area contributed by atoms with E-state index in [1.165, 1.54) is 0 Å². The molecule has 0 aliphatic carbocycles. The number of ether oxygens (including phenoxy) is 1. The summed E-state index contributed by atoms with van der Waals surface area (Å²) >= 11 is 0. The summed E-state index contributed by atoms with van der Waals surface area (Å²) in [5.74, 6) is -0.0832. The summed E-state index contributed by atoms with van der Waals surface area (Å²) in [6, 6.07) is 27.5. The van der Waals surface area contributed by atoms with Crippen LogP contribution in [0.2, 0.25) is 0 Å². The lowest BCUT2D eigenvalue weighted by molar-refractivity contribution is 0.0697. The molecule has 4 rings (SSSR count). The van der Waals surface area contributed by atoms with Crippen molar-refractivity contribution in [1.82, 2.24) is 0 Å². The molecule has 0 heterocycles. The molecule has 0 saturated carbocycles. The molecule has 150 valence electrons. The summed E-state index contributed by atoms with van der Waals surface area (Å²) in [4.78, 5) is 11.2. The zero-order valence-electron chi connectivity index (χ0n) is 16.8. The van der Waals surface area contributed by atoms with Gasteiger partial charge in [0.25, 0.3) is 0 Å². The van der Waals surface area contributed by atoms with Crippen molar-refractivity contribution < 1.29 is 14.6 Å².